The van der Waals surface area contributed by atoms with Gasteiger partial charge in [0.25, 0.3) is 0 Å². The molecule has 4 nitrogen and oxygen atoms in total. The molecule has 1 fully saturated rings. The average molecular weight is 369 g/mol. The second-order valence-electron chi connectivity index (χ2n) is 7.27. The van der Waals surface area contributed by atoms with Crippen molar-refractivity contribution in [1.82, 2.24) is 10.3 Å². The van der Waals surface area contributed by atoms with E-state index in [9.17, 15) is 0 Å². The minimum Gasteiger partial charge on any atom is -0.371 e. The lowest BCUT2D eigenvalue weighted by molar-refractivity contribution is 0.447. The monoisotopic (exact) mass is 368 g/mol. The molecule has 1 aromatic heterocycles. The highest BCUT2D eigenvalue weighted by atomic mass is 32.1. The molecule has 0 spiro atoms. The number of rotatable bonds is 4. The number of piperidine rings is 1. The zero-order chi connectivity index (χ0) is 18.5. The number of nitrogens with one attached hydrogen (secondary N) is 2. The van der Waals surface area contributed by atoms with Gasteiger partial charge in [0.1, 0.15) is 5.82 Å². The Morgan fingerprint density at radius 1 is 1.27 bits per heavy atom. The fraction of sp³-hybridized carbons (Fsp3) is 0.429. The van der Waals surface area contributed by atoms with Crippen LogP contribution in [0.4, 0.5) is 11.5 Å². The first-order valence-corrected chi connectivity index (χ1v) is 9.78. The predicted molar refractivity (Wildman–Crippen MR) is 114 cm³/mol. The van der Waals surface area contributed by atoms with E-state index in [0.29, 0.717) is 5.11 Å². The van der Waals surface area contributed by atoms with Gasteiger partial charge in [0, 0.05) is 25.0 Å². The van der Waals surface area contributed by atoms with Gasteiger partial charge in [0.05, 0.1) is 6.04 Å². The number of nitrogens with zero attached hydrogens (tertiary/aromatic N) is 2. The molecular weight excluding hydrogens is 340 g/mol. The van der Waals surface area contributed by atoms with Crippen molar-refractivity contribution in [3.8, 4) is 0 Å². The van der Waals surface area contributed by atoms with Gasteiger partial charge in [-0.3, -0.25) is 0 Å². The van der Waals surface area contributed by atoms with E-state index in [-0.39, 0.29) is 6.04 Å². The molecular formula is C21H28N4S. The molecule has 3 rings (SSSR count). The van der Waals surface area contributed by atoms with Crippen LogP contribution in [0.15, 0.2) is 42.6 Å². The van der Waals surface area contributed by atoms with Gasteiger partial charge >= 0.3 is 0 Å². The summed E-state index contributed by atoms with van der Waals surface area (Å²) in [6.45, 7) is 8.79. The Bertz CT molecular complexity index is 744. The number of thiocarbonyl (C=S) groups is 1. The molecule has 1 aliphatic heterocycles. The van der Waals surface area contributed by atoms with E-state index in [0.717, 1.165) is 30.4 Å². The molecule has 2 heterocycles. The Kier molecular flexibility index (Phi) is 6.09. The lowest BCUT2D eigenvalue weighted by Crippen LogP contribution is -2.34. The van der Waals surface area contributed by atoms with Crippen LogP contribution in [0.5, 0.6) is 0 Å². The summed E-state index contributed by atoms with van der Waals surface area (Å²) in [5, 5.41) is 7.12. The molecule has 0 radical (unpaired) electrons. The van der Waals surface area contributed by atoms with Crippen LogP contribution in [0.25, 0.3) is 0 Å². The van der Waals surface area contributed by atoms with Crippen LogP contribution < -0.4 is 15.5 Å². The summed E-state index contributed by atoms with van der Waals surface area (Å²) in [4.78, 5) is 6.82. The molecule has 2 N–H and O–H groups in total. The lowest BCUT2D eigenvalue weighted by atomic mass is 9.99. The molecule has 0 amide bonds. The van der Waals surface area contributed by atoms with Crippen molar-refractivity contribution < 1.29 is 0 Å². The fourth-order valence-corrected chi connectivity index (χ4v) is 3.71. The van der Waals surface area contributed by atoms with Crippen molar-refractivity contribution >= 4 is 28.8 Å². The highest BCUT2D eigenvalue weighted by Crippen LogP contribution is 2.24. The molecule has 138 valence electrons. The number of aromatic nitrogens is 1. The van der Waals surface area contributed by atoms with Gasteiger partial charge in [-0.05, 0) is 74.2 Å². The fourth-order valence-electron chi connectivity index (χ4n) is 3.44. The van der Waals surface area contributed by atoms with E-state index in [4.69, 9.17) is 12.2 Å². The van der Waals surface area contributed by atoms with E-state index in [1.54, 1.807) is 6.20 Å². The van der Waals surface area contributed by atoms with Crippen LogP contribution in [0.2, 0.25) is 0 Å². The third-order valence-electron chi connectivity index (χ3n) is 5.00. The Balaban J connectivity index is 1.58. The maximum atomic E-state index is 5.44. The van der Waals surface area contributed by atoms with Gasteiger partial charge < -0.3 is 15.5 Å². The minimum atomic E-state index is 0.133. The van der Waals surface area contributed by atoms with Crippen LogP contribution in [-0.4, -0.2) is 23.2 Å². The summed E-state index contributed by atoms with van der Waals surface area (Å²) in [6, 6.07) is 12.9. The van der Waals surface area contributed by atoms with Gasteiger partial charge in [-0.1, -0.05) is 25.1 Å². The zero-order valence-corrected chi connectivity index (χ0v) is 16.6. The molecule has 0 aliphatic carbocycles. The van der Waals surface area contributed by atoms with Gasteiger partial charge in [0.15, 0.2) is 5.11 Å². The van der Waals surface area contributed by atoms with Gasteiger partial charge in [-0.15, -0.1) is 0 Å². The Hall–Kier alpha value is -2.14. The van der Waals surface area contributed by atoms with E-state index < -0.39 is 0 Å². The summed E-state index contributed by atoms with van der Waals surface area (Å²) in [5.41, 5.74) is 3.61. The van der Waals surface area contributed by atoms with Crippen LogP contribution in [0.1, 0.15) is 43.9 Å². The van der Waals surface area contributed by atoms with Crippen molar-refractivity contribution in [3.05, 3.63) is 53.7 Å². The minimum absolute atomic E-state index is 0.133. The number of anilines is 2. The van der Waals surface area contributed by atoms with E-state index in [1.165, 1.54) is 24.1 Å². The molecule has 1 saturated heterocycles. The third-order valence-corrected chi connectivity index (χ3v) is 5.22. The molecule has 0 saturated carbocycles. The normalized spacial score (nSPS) is 18.3. The van der Waals surface area contributed by atoms with Crippen molar-refractivity contribution in [2.75, 3.05) is 23.3 Å². The number of benzene rings is 1. The Morgan fingerprint density at radius 2 is 2.04 bits per heavy atom. The summed E-state index contributed by atoms with van der Waals surface area (Å²) in [5.74, 6) is 1.58. The topological polar surface area (TPSA) is 40.2 Å². The van der Waals surface area contributed by atoms with Crippen LogP contribution in [0, 0.1) is 12.8 Å². The highest BCUT2D eigenvalue weighted by Gasteiger charge is 2.17. The maximum absolute atomic E-state index is 5.44. The lowest BCUT2D eigenvalue weighted by Gasteiger charge is -2.33. The largest absolute Gasteiger partial charge is 0.371 e. The summed E-state index contributed by atoms with van der Waals surface area (Å²) in [7, 11) is 0. The maximum Gasteiger partial charge on any atom is 0.172 e. The first-order valence-electron chi connectivity index (χ1n) is 9.37. The summed E-state index contributed by atoms with van der Waals surface area (Å²) in [6.07, 6.45) is 4.39. The SMILES string of the molecule is Cc1cccnc1NC(=S)N[C@@H](C)c1ccc(N2CCC[C@H](C)C2)cc1. The summed E-state index contributed by atoms with van der Waals surface area (Å²) >= 11 is 5.44. The quantitative estimate of drug-likeness (QED) is 0.767. The van der Waals surface area contributed by atoms with Crippen molar-refractivity contribution in [2.24, 2.45) is 5.92 Å². The van der Waals surface area contributed by atoms with E-state index in [1.807, 2.05) is 19.1 Å². The summed E-state index contributed by atoms with van der Waals surface area (Å²) < 4.78 is 0. The smallest absolute Gasteiger partial charge is 0.172 e. The first kappa shape index (κ1) is 18.6. The van der Waals surface area contributed by atoms with Crippen molar-refractivity contribution in [3.63, 3.8) is 0 Å². The molecule has 2 aromatic rings. The van der Waals surface area contributed by atoms with E-state index >= 15 is 0 Å². The Labute approximate surface area is 162 Å². The van der Waals surface area contributed by atoms with Crippen LogP contribution in [0.3, 0.4) is 0 Å². The van der Waals surface area contributed by atoms with Crippen LogP contribution >= 0.6 is 12.2 Å². The second-order valence-corrected chi connectivity index (χ2v) is 7.68. The standard InChI is InChI=1S/C21H28N4S/c1-15-6-5-13-25(14-15)19-10-8-18(9-11-19)17(3)23-21(26)24-20-16(2)7-4-12-22-20/h4,7-12,15,17H,5-6,13-14H2,1-3H3,(H2,22,23,24,26)/t15-,17-/m0/s1. The number of pyridine rings is 1. The first-order chi connectivity index (χ1) is 12.5. The van der Waals surface area contributed by atoms with Gasteiger partial charge in [0.2, 0.25) is 0 Å². The number of aryl methyl sites for hydroxylation is 1. The molecule has 0 bridgehead atoms. The average Bonchev–Trinajstić information content (AvgIpc) is 2.64. The molecule has 2 atom stereocenters. The Morgan fingerprint density at radius 3 is 2.73 bits per heavy atom. The van der Waals surface area contributed by atoms with Crippen molar-refractivity contribution in [2.45, 2.75) is 39.7 Å². The second kappa shape index (κ2) is 8.49. The van der Waals surface area contributed by atoms with Gasteiger partial charge in [-0.2, -0.15) is 0 Å². The molecule has 5 heteroatoms. The van der Waals surface area contributed by atoms with Crippen molar-refractivity contribution in [1.29, 1.82) is 0 Å². The zero-order valence-electron chi connectivity index (χ0n) is 15.8. The van der Waals surface area contributed by atoms with Gasteiger partial charge in [-0.25, -0.2) is 4.98 Å². The van der Waals surface area contributed by atoms with E-state index in [2.05, 4.69) is 58.6 Å². The van der Waals surface area contributed by atoms with Crippen LogP contribution in [-0.2, 0) is 0 Å². The molecule has 0 unspecified atom stereocenters. The number of hydrogen-bond acceptors (Lipinski definition) is 3. The number of hydrogen-bond donors (Lipinski definition) is 2. The third kappa shape index (κ3) is 4.73. The highest BCUT2D eigenvalue weighted by molar-refractivity contribution is 7.80. The molecule has 1 aromatic carbocycles. The predicted octanol–water partition coefficient (Wildman–Crippen LogP) is 4.67. The molecule has 26 heavy (non-hydrogen) atoms. The molecule has 1 aliphatic rings.